The minimum atomic E-state index is 0.164. The molecule has 1 N–H and O–H groups in total. The largest absolute Gasteiger partial charge is 0.396 e. The predicted molar refractivity (Wildman–Crippen MR) is 60.3 cm³/mol. The highest BCUT2D eigenvalue weighted by molar-refractivity contribution is 5.74. The number of aliphatic hydroxyl groups excluding tert-OH is 1. The highest BCUT2D eigenvalue weighted by atomic mass is 16.2. The number of benzene rings is 1. The van der Waals surface area contributed by atoms with Crippen LogP contribution in [0.5, 0.6) is 0 Å². The van der Waals surface area contributed by atoms with Crippen LogP contribution in [-0.4, -0.2) is 21.7 Å². The molecule has 76 valence electrons. The zero-order valence-electron chi connectivity index (χ0n) is 8.30. The van der Waals surface area contributed by atoms with E-state index in [1.54, 1.807) is 6.20 Å². The average Bonchev–Trinajstić information content (AvgIpc) is 2.29. The van der Waals surface area contributed by atoms with Crippen molar-refractivity contribution in [3.8, 4) is 0 Å². The van der Waals surface area contributed by atoms with Crippen LogP contribution in [0.2, 0.25) is 0 Å². The van der Waals surface area contributed by atoms with Gasteiger partial charge >= 0.3 is 0 Å². The Labute approximate surface area is 88.1 Å². The number of aliphatic hydroxyl groups is 1. The molecule has 0 fully saturated rings. The molecule has 0 bridgehead atoms. The van der Waals surface area contributed by atoms with Crippen LogP contribution in [0.4, 0.5) is 0 Å². The zero-order chi connectivity index (χ0) is 10.5. The Kier molecular flexibility index (Phi) is 3.05. The molecular weight excluding hydrogens is 188 g/mol. The number of para-hydroxylation sites is 2. The Balaban J connectivity index is 2.30. The molecule has 0 saturated heterocycles. The van der Waals surface area contributed by atoms with E-state index in [0.717, 1.165) is 16.7 Å². The summed E-state index contributed by atoms with van der Waals surface area (Å²) in [4.78, 5) is 8.70. The van der Waals surface area contributed by atoms with Gasteiger partial charge in [0.25, 0.3) is 0 Å². The van der Waals surface area contributed by atoms with Crippen molar-refractivity contribution in [3.63, 3.8) is 0 Å². The van der Waals surface area contributed by atoms with E-state index in [0.29, 0.717) is 6.42 Å². The number of rotatable bonds is 3. The van der Waals surface area contributed by atoms with Crippen molar-refractivity contribution >= 4 is 17.1 Å². The second-order valence-electron chi connectivity index (χ2n) is 3.20. The summed E-state index contributed by atoms with van der Waals surface area (Å²) in [5.74, 6) is 0. The van der Waals surface area contributed by atoms with E-state index in [4.69, 9.17) is 5.11 Å². The lowest BCUT2D eigenvalue weighted by atomic mass is 10.3. The SMILES string of the molecule is OCCC=Cc1cnc2ccccc2n1. The molecule has 0 aliphatic carbocycles. The van der Waals surface area contributed by atoms with Gasteiger partial charge in [-0.25, -0.2) is 4.98 Å². The summed E-state index contributed by atoms with van der Waals surface area (Å²) < 4.78 is 0. The van der Waals surface area contributed by atoms with Gasteiger partial charge in [-0.2, -0.15) is 0 Å². The van der Waals surface area contributed by atoms with Crippen molar-refractivity contribution in [1.29, 1.82) is 0 Å². The molecule has 1 aromatic heterocycles. The number of hydrogen-bond donors (Lipinski definition) is 1. The fourth-order valence-corrected chi connectivity index (χ4v) is 1.33. The van der Waals surface area contributed by atoms with Crippen molar-refractivity contribution in [3.05, 3.63) is 42.2 Å². The van der Waals surface area contributed by atoms with Crippen LogP contribution in [0.15, 0.2) is 36.5 Å². The summed E-state index contributed by atoms with van der Waals surface area (Å²) >= 11 is 0. The molecule has 1 heterocycles. The van der Waals surface area contributed by atoms with Gasteiger partial charge in [0.2, 0.25) is 0 Å². The molecule has 3 heteroatoms. The van der Waals surface area contributed by atoms with Crippen LogP contribution in [0.1, 0.15) is 12.1 Å². The molecule has 3 nitrogen and oxygen atoms in total. The number of fused-ring (bicyclic) bond motifs is 1. The fourth-order valence-electron chi connectivity index (χ4n) is 1.33. The Morgan fingerprint density at radius 1 is 1.20 bits per heavy atom. The molecule has 0 atom stereocenters. The zero-order valence-corrected chi connectivity index (χ0v) is 8.30. The van der Waals surface area contributed by atoms with Crippen LogP contribution in [-0.2, 0) is 0 Å². The Hall–Kier alpha value is -1.74. The van der Waals surface area contributed by atoms with Gasteiger partial charge < -0.3 is 5.11 Å². The van der Waals surface area contributed by atoms with E-state index in [9.17, 15) is 0 Å². The molecule has 0 saturated carbocycles. The lowest BCUT2D eigenvalue weighted by molar-refractivity contribution is 0.303. The first-order valence-corrected chi connectivity index (χ1v) is 4.89. The standard InChI is InChI=1S/C12H12N2O/c15-8-4-3-5-10-9-13-11-6-1-2-7-12(11)14-10/h1-3,5-7,9,15H,4,8H2. The topological polar surface area (TPSA) is 46.0 Å². The van der Waals surface area contributed by atoms with Gasteiger partial charge in [0.1, 0.15) is 0 Å². The third-order valence-electron chi connectivity index (χ3n) is 2.05. The maximum absolute atomic E-state index is 8.63. The van der Waals surface area contributed by atoms with E-state index in [-0.39, 0.29) is 6.61 Å². The third kappa shape index (κ3) is 2.39. The van der Waals surface area contributed by atoms with Crippen LogP contribution in [0.25, 0.3) is 17.1 Å². The molecule has 0 spiro atoms. The predicted octanol–water partition coefficient (Wildman–Crippen LogP) is 2.03. The Morgan fingerprint density at radius 3 is 2.80 bits per heavy atom. The van der Waals surface area contributed by atoms with E-state index < -0.39 is 0 Å². The van der Waals surface area contributed by atoms with Crippen molar-refractivity contribution < 1.29 is 5.11 Å². The maximum atomic E-state index is 8.63. The molecule has 0 aliphatic heterocycles. The second-order valence-corrected chi connectivity index (χ2v) is 3.20. The molecule has 2 aromatic rings. The second kappa shape index (κ2) is 4.66. The summed E-state index contributed by atoms with van der Waals surface area (Å²) in [7, 11) is 0. The number of nitrogens with zero attached hydrogens (tertiary/aromatic N) is 2. The van der Waals surface area contributed by atoms with Gasteiger partial charge in [-0.1, -0.05) is 18.2 Å². The minimum Gasteiger partial charge on any atom is -0.396 e. The number of hydrogen-bond acceptors (Lipinski definition) is 3. The molecule has 15 heavy (non-hydrogen) atoms. The van der Waals surface area contributed by atoms with Crippen molar-refractivity contribution in [2.45, 2.75) is 6.42 Å². The quantitative estimate of drug-likeness (QED) is 0.824. The van der Waals surface area contributed by atoms with E-state index in [2.05, 4.69) is 9.97 Å². The summed E-state index contributed by atoms with van der Waals surface area (Å²) in [6, 6.07) is 7.76. The maximum Gasteiger partial charge on any atom is 0.0894 e. The van der Waals surface area contributed by atoms with Crippen LogP contribution in [0, 0.1) is 0 Å². The fraction of sp³-hybridized carbons (Fsp3) is 0.167. The molecular formula is C12H12N2O. The average molecular weight is 200 g/mol. The van der Waals surface area contributed by atoms with Gasteiger partial charge in [0, 0.05) is 6.61 Å². The smallest absolute Gasteiger partial charge is 0.0894 e. The highest BCUT2D eigenvalue weighted by Crippen LogP contribution is 2.09. The lowest BCUT2D eigenvalue weighted by Gasteiger charge is -1.97. The molecule has 0 aliphatic rings. The summed E-state index contributed by atoms with van der Waals surface area (Å²) in [6.07, 6.45) is 6.14. The van der Waals surface area contributed by atoms with Gasteiger partial charge in [0.15, 0.2) is 0 Å². The molecule has 0 radical (unpaired) electrons. The molecule has 1 aromatic carbocycles. The Bertz CT molecular complexity index is 480. The molecule has 0 amide bonds. The van der Waals surface area contributed by atoms with Gasteiger partial charge in [-0.3, -0.25) is 4.98 Å². The summed E-state index contributed by atoms with van der Waals surface area (Å²) in [5, 5.41) is 8.63. The Morgan fingerprint density at radius 2 is 2.00 bits per heavy atom. The van der Waals surface area contributed by atoms with Crippen LogP contribution < -0.4 is 0 Å². The van der Waals surface area contributed by atoms with Gasteiger partial charge in [0.05, 0.1) is 22.9 Å². The van der Waals surface area contributed by atoms with E-state index in [1.165, 1.54) is 0 Å². The summed E-state index contributed by atoms with van der Waals surface area (Å²) in [5.41, 5.74) is 2.61. The molecule has 2 rings (SSSR count). The monoisotopic (exact) mass is 200 g/mol. The summed E-state index contributed by atoms with van der Waals surface area (Å²) in [6.45, 7) is 0.164. The first-order valence-electron chi connectivity index (χ1n) is 4.89. The highest BCUT2D eigenvalue weighted by Gasteiger charge is 1.94. The first kappa shape index (κ1) is 9.80. The van der Waals surface area contributed by atoms with Crippen molar-refractivity contribution in [1.82, 2.24) is 9.97 Å². The van der Waals surface area contributed by atoms with Gasteiger partial charge in [-0.15, -0.1) is 0 Å². The molecule has 0 unspecified atom stereocenters. The van der Waals surface area contributed by atoms with E-state index >= 15 is 0 Å². The van der Waals surface area contributed by atoms with E-state index in [1.807, 2.05) is 36.4 Å². The van der Waals surface area contributed by atoms with Crippen molar-refractivity contribution in [2.75, 3.05) is 6.61 Å². The minimum absolute atomic E-state index is 0.164. The van der Waals surface area contributed by atoms with Crippen LogP contribution in [0.3, 0.4) is 0 Å². The number of aromatic nitrogens is 2. The van der Waals surface area contributed by atoms with Crippen LogP contribution >= 0.6 is 0 Å². The third-order valence-corrected chi connectivity index (χ3v) is 2.05. The first-order chi connectivity index (χ1) is 7.40. The normalized spacial score (nSPS) is 11.3. The van der Waals surface area contributed by atoms with Crippen molar-refractivity contribution in [2.24, 2.45) is 0 Å². The lowest BCUT2D eigenvalue weighted by Crippen LogP contribution is -1.86. The van der Waals surface area contributed by atoms with Gasteiger partial charge in [-0.05, 0) is 24.6 Å².